The summed E-state index contributed by atoms with van der Waals surface area (Å²) < 4.78 is 0. The second kappa shape index (κ2) is 5.53. The molecular formula is C13H18N2. The molecule has 1 unspecified atom stereocenters. The highest BCUT2D eigenvalue weighted by Gasteiger charge is 2.10. The van der Waals surface area contributed by atoms with Gasteiger partial charge in [-0.2, -0.15) is 5.26 Å². The molecule has 0 aliphatic carbocycles. The van der Waals surface area contributed by atoms with Gasteiger partial charge >= 0.3 is 0 Å². The van der Waals surface area contributed by atoms with Crippen LogP contribution in [0, 0.1) is 18.3 Å². The average Bonchev–Trinajstić information content (AvgIpc) is 2.18. The molecule has 0 amide bonds. The Morgan fingerprint density at radius 1 is 1.33 bits per heavy atom. The molecule has 0 fully saturated rings. The number of benzene rings is 1. The zero-order valence-corrected chi connectivity index (χ0v) is 9.62. The van der Waals surface area contributed by atoms with E-state index in [1.807, 2.05) is 13.0 Å². The minimum absolute atomic E-state index is 0.240. The van der Waals surface area contributed by atoms with Crippen molar-refractivity contribution < 1.29 is 0 Å². The lowest BCUT2D eigenvalue weighted by Gasteiger charge is -2.20. The smallest absolute Gasteiger partial charge is 0.0638 e. The zero-order chi connectivity index (χ0) is 11.3. The van der Waals surface area contributed by atoms with E-state index in [9.17, 15) is 0 Å². The summed E-state index contributed by atoms with van der Waals surface area (Å²) in [5.74, 6) is 0. The SMILES string of the molecule is Cc1ccccc1[C@@H](C)NC(C)CC#N. The van der Waals surface area contributed by atoms with Gasteiger partial charge in [0, 0.05) is 12.1 Å². The average molecular weight is 202 g/mol. The van der Waals surface area contributed by atoms with Crippen LogP contribution >= 0.6 is 0 Å². The van der Waals surface area contributed by atoms with Crippen LogP contribution < -0.4 is 5.32 Å². The number of hydrogen-bond donors (Lipinski definition) is 1. The molecule has 0 radical (unpaired) electrons. The van der Waals surface area contributed by atoms with E-state index in [1.54, 1.807) is 0 Å². The monoisotopic (exact) mass is 202 g/mol. The van der Waals surface area contributed by atoms with Crippen LogP contribution in [0.5, 0.6) is 0 Å². The van der Waals surface area contributed by atoms with E-state index >= 15 is 0 Å². The molecule has 80 valence electrons. The summed E-state index contributed by atoms with van der Waals surface area (Å²) in [6.45, 7) is 6.29. The summed E-state index contributed by atoms with van der Waals surface area (Å²) in [5.41, 5.74) is 2.60. The van der Waals surface area contributed by atoms with Crippen molar-refractivity contribution >= 4 is 0 Å². The summed E-state index contributed by atoms with van der Waals surface area (Å²) in [6, 6.07) is 11.1. The Morgan fingerprint density at radius 2 is 2.00 bits per heavy atom. The van der Waals surface area contributed by atoms with Crippen molar-refractivity contribution in [2.45, 2.75) is 39.3 Å². The van der Waals surface area contributed by atoms with Crippen molar-refractivity contribution in [2.24, 2.45) is 0 Å². The Hall–Kier alpha value is -1.33. The van der Waals surface area contributed by atoms with Gasteiger partial charge in [-0.1, -0.05) is 24.3 Å². The highest BCUT2D eigenvalue weighted by atomic mass is 14.9. The first kappa shape index (κ1) is 11.7. The largest absolute Gasteiger partial charge is 0.307 e. The molecule has 0 aromatic heterocycles. The van der Waals surface area contributed by atoms with Crippen LogP contribution in [0.3, 0.4) is 0 Å². The Labute approximate surface area is 91.9 Å². The molecule has 0 bridgehead atoms. The molecule has 15 heavy (non-hydrogen) atoms. The number of nitriles is 1. The van der Waals surface area contributed by atoms with Gasteiger partial charge < -0.3 is 5.32 Å². The lowest BCUT2D eigenvalue weighted by Crippen LogP contribution is -2.28. The van der Waals surface area contributed by atoms with Crippen LogP contribution in [0.25, 0.3) is 0 Å². The van der Waals surface area contributed by atoms with Gasteiger partial charge in [-0.05, 0) is 31.9 Å². The highest BCUT2D eigenvalue weighted by Crippen LogP contribution is 2.17. The second-order valence-corrected chi connectivity index (χ2v) is 4.01. The van der Waals surface area contributed by atoms with Crippen molar-refractivity contribution in [3.63, 3.8) is 0 Å². The topological polar surface area (TPSA) is 35.8 Å². The fourth-order valence-corrected chi connectivity index (χ4v) is 1.79. The molecule has 2 heteroatoms. The van der Waals surface area contributed by atoms with Crippen LogP contribution in [0.2, 0.25) is 0 Å². The maximum atomic E-state index is 8.58. The lowest BCUT2D eigenvalue weighted by molar-refractivity contribution is 0.484. The zero-order valence-electron chi connectivity index (χ0n) is 9.62. The van der Waals surface area contributed by atoms with Gasteiger partial charge in [0.15, 0.2) is 0 Å². The number of nitrogens with one attached hydrogen (secondary N) is 1. The Morgan fingerprint density at radius 3 is 2.60 bits per heavy atom. The van der Waals surface area contributed by atoms with E-state index < -0.39 is 0 Å². The number of hydrogen-bond acceptors (Lipinski definition) is 2. The third kappa shape index (κ3) is 3.38. The van der Waals surface area contributed by atoms with Gasteiger partial charge in [-0.3, -0.25) is 0 Å². The van der Waals surface area contributed by atoms with Gasteiger partial charge in [-0.15, -0.1) is 0 Å². The molecule has 0 saturated carbocycles. The summed E-state index contributed by atoms with van der Waals surface area (Å²) in [7, 11) is 0. The van der Waals surface area contributed by atoms with E-state index in [4.69, 9.17) is 5.26 Å². The molecule has 1 N–H and O–H groups in total. The maximum Gasteiger partial charge on any atom is 0.0638 e. The molecule has 0 aliphatic rings. The Balaban J connectivity index is 2.66. The fraction of sp³-hybridized carbons (Fsp3) is 0.462. The minimum atomic E-state index is 0.240. The predicted molar refractivity (Wildman–Crippen MR) is 62.4 cm³/mol. The first-order valence-corrected chi connectivity index (χ1v) is 5.33. The first-order chi connectivity index (χ1) is 7.15. The summed E-state index contributed by atoms with van der Waals surface area (Å²) in [5, 5.41) is 12.0. The molecule has 1 aromatic carbocycles. The number of rotatable bonds is 4. The first-order valence-electron chi connectivity index (χ1n) is 5.33. The van der Waals surface area contributed by atoms with Crippen LogP contribution in [-0.4, -0.2) is 6.04 Å². The standard InChI is InChI=1S/C13H18N2/c1-10-6-4-5-7-13(10)12(3)15-11(2)8-9-14/h4-7,11-12,15H,8H2,1-3H3/t11?,12-/m1/s1. The van der Waals surface area contributed by atoms with Crippen molar-refractivity contribution in [1.29, 1.82) is 5.26 Å². The molecular weight excluding hydrogens is 184 g/mol. The van der Waals surface area contributed by atoms with E-state index in [1.165, 1.54) is 11.1 Å². The van der Waals surface area contributed by atoms with Crippen molar-refractivity contribution in [3.05, 3.63) is 35.4 Å². The highest BCUT2D eigenvalue weighted by molar-refractivity contribution is 5.28. The second-order valence-electron chi connectivity index (χ2n) is 4.01. The number of nitrogens with zero attached hydrogens (tertiary/aromatic N) is 1. The van der Waals surface area contributed by atoms with E-state index in [0.29, 0.717) is 12.5 Å². The molecule has 1 aromatic rings. The van der Waals surface area contributed by atoms with Gasteiger partial charge in [0.25, 0.3) is 0 Å². The van der Waals surface area contributed by atoms with Gasteiger partial charge in [-0.25, -0.2) is 0 Å². The van der Waals surface area contributed by atoms with Crippen molar-refractivity contribution in [1.82, 2.24) is 5.32 Å². The van der Waals surface area contributed by atoms with Crippen LogP contribution in [0.4, 0.5) is 0 Å². The third-order valence-electron chi connectivity index (χ3n) is 2.59. The Bertz CT molecular complexity index is 352. The van der Waals surface area contributed by atoms with Crippen molar-refractivity contribution in [2.75, 3.05) is 0 Å². The molecule has 0 saturated heterocycles. The normalized spacial score (nSPS) is 14.3. The maximum absolute atomic E-state index is 8.58. The fourth-order valence-electron chi connectivity index (χ4n) is 1.79. The van der Waals surface area contributed by atoms with Gasteiger partial charge in [0.2, 0.25) is 0 Å². The molecule has 2 atom stereocenters. The molecule has 0 aliphatic heterocycles. The molecule has 1 rings (SSSR count). The van der Waals surface area contributed by atoms with Gasteiger partial charge in [0.05, 0.1) is 12.5 Å². The van der Waals surface area contributed by atoms with E-state index in [0.717, 1.165) is 0 Å². The Kier molecular flexibility index (Phi) is 4.33. The summed E-state index contributed by atoms with van der Waals surface area (Å²) >= 11 is 0. The molecule has 0 heterocycles. The van der Waals surface area contributed by atoms with Gasteiger partial charge in [0.1, 0.15) is 0 Å². The van der Waals surface area contributed by atoms with E-state index in [-0.39, 0.29) is 6.04 Å². The van der Waals surface area contributed by atoms with Crippen molar-refractivity contribution in [3.8, 4) is 6.07 Å². The van der Waals surface area contributed by atoms with E-state index in [2.05, 4.69) is 43.4 Å². The predicted octanol–water partition coefficient (Wildman–Crippen LogP) is 2.95. The van der Waals surface area contributed by atoms with Crippen LogP contribution in [-0.2, 0) is 0 Å². The summed E-state index contributed by atoms with van der Waals surface area (Å²) in [6.07, 6.45) is 0.552. The molecule has 2 nitrogen and oxygen atoms in total. The van der Waals surface area contributed by atoms with Crippen LogP contribution in [0.15, 0.2) is 24.3 Å². The lowest BCUT2D eigenvalue weighted by atomic mass is 10.0. The minimum Gasteiger partial charge on any atom is -0.307 e. The van der Waals surface area contributed by atoms with Crippen LogP contribution in [0.1, 0.15) is 37.4 Å². The third-order valence-corrected chi connectivity index (χ3v) is 2.59. The quantitative estimate of drug-likeness (QED) is 0.814. The molecule has 0 spiro atoms. The summed E-state index contributed by atoms with van der Waals surface area (Å²) in [4.78, 5) is 0. The number of aryl methyl sites for hydroxylation is 1.